The monoisotopic (exact) mass is 446 g/mol. The Morgan fingerprint density at radius 3 is 2.23 bits per heavy atom. The number of hydrogen-bond acceptors (Lipinski definition) is 4. The van der Waals surface area contributed by atoms with Crippen LogP contribution < -0.4 is 20.1 Å². The van der Waals surface area contributed by atoms with Gasteiger partial charge in [0.1, 0.15) is 0 Å². The Kier molecular flexibility index (Phi) is 8.75. The molecule has 31 heavy (non-hydrogen) atoms. The molecule has 0 aliphatic rings. The summed E-state index contributed by atoms with van der Waals surface area (Å²) in [6.45, 7) is 7.70. The molecular formula is C24H31ClN2O4. The van der Waals surface area contributed by atoms with Crippen LogP contribution in [0.5, 0.6) is 11.5 Å². The van der Waals surface area contributed by atoms with Crippen molar-refractivity contribution in [2.75, 3.05) is 13.7 Å². The number of hydrogen-bond donors (Lipinski definition) is 2. The van der Waals surface area contributed by atoms with E-state index in [1.165, 1.54) is 7.11 Å². The van der Waals surface area contributed by atoms with Crippen molar-refractivity contribution in [3.8, 4) is 11.5 Å². The number of halogens is 1. The molecule has 0 saturated heterocycles. The molecule has 0 spiro atoms. The highest BCUT2D eigenvalue weighted by molar-refractivity contribution is 6.30. The summed E-state index contributed by atoms with van der Waals surface area (Å²) in [4.78, 5) is 24.9. The molecular weight excluding hydrogens is 416 g/mol. The zero-order valence-corrected chi connectivity index (χ0v) is 19.5. The van der Waals surface area contributed by atoms with Gasteiger partial charge in [-0.15, -0.1) is 0 Å². The van der Waals surface area contributed by atoms with E-state index in [4.69, 9.17) is 21.1 Å². The lowest BCUT2D eigenvalue weighted by Gasteiger charge is -2.34. The molecule has 2 N–H and O–H groups in total. The Hall–Kier alpha value is -2.73. The molecule has 7 heteroatoms. The van der Waals surface area contributed by atoms with Gasteiger partial charge in [0.15, 0.2) is 18.1 Å². The van der Waals surface area contributed by atoms with Crippen molar-refractivity contribution >= 4 is 23.4 Å². The number of amides is 2. The molecule has 0 fully saturated rings. The fraction of sp³-hybridized carbons (Fsp3) is 0.417. The van der Waals surface area contributed by atoms with Gasteiger partial charge >= 0.3 is 0 Å². The van der Waals surface area contributed by atoms with Crippen molar-refractivity contribution < 1.29 is 19.1 Å². The summed E-state index contributed by atoms with van der Waals surface area (Å²) in [6, 6.07) is 12.5. The highest BCUT2D eigenvalue weighted by atomic mass is 35.5. The molecule has 0 radical (unpaired) electrons. The van der Waals surface area contributed by atoms with Crippen molar-refractivity contribution in [3.63, 3.8) is 0 Å². The summed E-state index contributed by atoms with van der Waals surface area (Å²) >= 11 is 6.03. The molecule has 0 aliphatic heterocycles. The number of rotatable bonds is 10. The fourth-order valence-corrected chi connectivity index (χ4v) is 3.53. The molecule has 0 bridgehead atoms. The van der Waals surface area contributed by atoms with Crippen molar-refractivity contribution in [1.29, 1.82) is 0 Å². The highest BCUT2D eigenvalue weighted by Crippen LogP contribution is 2.32. The molecule has 2 amide bonds. The van der Waals surface area contributed by atoms with Crippen molar-refractivity contribution in [1.82, 2.24) is 10.6 Å². The van der Waals surface area contributed by atoms with Gasteiger partial charge in [-0.25, -0.2) is 0 Å². The highest BCUT2D eigenvalue weighted by Gasteiger charge is 2.31. The van der Waals surface area contributed by atoms with Gasteiger partial charge in [-0.3, -0.25) is 9.59 Å². The molecule has 2 aromatic rings. The number of carbonyl (C=O) groups excluding carboxylic acids is 2. The average molecular weight is 447 g/mol. The summed E-state index contributed by atoms with van der Waals surface area (Å²) in [6.07, 6.45) is 1.44. The molecule has 0 aliphatic carbocycles. The Bertz CT molecular complexity index is 893. The third-order valence-corrected chi connectivity index (χ3v) is 5.44. The van der Waals surface area contributed by atoms with E-state index in [9.17, 15) is 9.59 Å². The first-order valence-electron chi connectivity index (χ1n) is 10.4. The van der Waals surface area contributed by atoms with E-state index in [2.05, 4.69) is 10.6 Å². The summed E-state index contributed by atoms with van der Waals surface area (Å²) in [5, 5.41) is 6.59. The van der Waals surface area contributed by atoms with Crippen molar-refractivity contribution in [2.24, 2.45) is 0 Å². The standard InChI is InChI=1S/C24H31ClN2O4/c1-6-24(7-2,18-9-11-19(25)12-10-18)27-23(29)17-8-13-20(21(14-17)30-5)31-15-22(28)26-16(3)4/h8-14,16H,6-7,15H2,1-5H3,(H,26,28)(H,27,29). The van der Waals surface area contributed by atoms with E-state index in [1.54, 1.807) is 18.2 Å². The molecule has 0 aromatic heterocycles. The van der Waals surface area contributed by atoms with E-state index in [0.29, 0.717) is 22.1 Å². The predicted molar refractivity (Wildman–Crippen MR) is 123 cm³/mol. The van der Waals surface area contributed by atoms with Crippen LogP contribution in [0, 0.1) is 0 Å². The van der Waals surface area contributed by atoms with Gasteiger partial charge in [0.05, 0.1) is 12.6 Å². The van der Waals surface area contributed by atoms with Gasteiger partial charge in [0.25, 0.3) is 11.8 Å². The lowest BCUT2D eigenvalue weighted by Crippen LogP contribution is -2.45. The first-order valence-corrected chi connectivity index (χ1v) is 10.8. The minimum Gasteiger partial charge on any atom is -0.493 e. The minimum atomic E-state index is -0.515. The molecule has 2 rings (SSSR count). The maximum absolute atomic E-state index is 13.1. The van der Waals surface area contributed by atoms with Crippen LogP contribution in [0.4, 0.5) is 0 Å². The summed E-state index contributed by atoms with van der Waals surface area (Å²) < 4.78 is 10.9. The number of nitrogens with one attached hydrogen (secondary N) is 2. The number of ether oxygens (including phenoxy) is 2. The van der Waals surface area contributed by atoms with Crippen LogP contribution in [0.1, 0.15) is 56.5 Å². The number of methoxy groups -OCH3 is 1. The predicted octanol–water partition coefficient (Wildman–Crippen LogP) is 4.70. The van der Waals surface area contributed by atoms with Gasteiger partial charge in [-0.2, -0.15) is 0 Å². The van der Waals surface area contributed by atoms with Gasteiger partial charge in [-0.05, 0) is 62.6 Å². The second-order valence-corrected chi connectivity index (χ2v) is 8.06. The Morgan fingerprint density at radius 2 is 1.68 bits per heavy atom. The van der Waals surface area contributed by atoms with Crippen LogP contribution >= 0.6 is 11.6 Å². The van der Waals surface area contributed by atoms with E-state index < -0.39 is 5.54 Å². The van der Waals surface area contributed by atoms with Gasteiger partial charge in [-0.1, -0.05) is 37.6 Å². The lowest BCUT2D eigenvalue weighted by molar-refractivity contribution is -0.123. The van der Waals surface area contributed by atoms with Crippen LogP contribution in [0.2, 0.25) is 5.02 Å². The van der Waals surface area contributed by atoms with Crippen molar-refractivity contribution in [2.45, 2.75) is 52.1 Å². The van der Waals surface area contributed by atoms with Crippen LogP contribution in [-0.4, -0.2) is 31.6 Å². The molecule has 6 nitrogen and oxygen atoms in total. The van der Waals surface area contributed by atoms with E-state index in [1.807, 2.05) is 52.0 Å². The van der Waals surface area contributed by atoms with Crippen LogP contribution in [0.15, 0.2) is 42.5 Å². The summed E-state index contributed by atoms with van der Waals surface area (Å²) in [7, 11) is 1.49. The quantitative estimate of drug-likeness (QED) is 0.554. The first kappa shape index (κ1) is 24.5. The third-order valence-electron chi connectivity index (χ3n) is 5.19. The number of benzene rings is 2. The normalized spacial score (nSPS) is 11.2. The SMILES string of the molecule is CCC(CC)(NC(=O)c1ccc(OCC(=O)NC(C)C)c(OC)c1)c1ccc(Cl)cc1. The maximum Gasteiger partial charge on any atom is 0.258 e. The first-order chi connectivity index (χ1) is 14.7. The zero-order chi connectivity index (χ0) is 23.0. The maximum atomic E-state index is 13.1. The topological polar surface area (TPSA) is 76.7 Å². The van der Waals surface area contributed by atoms with Crippen LogP contribution in [0.25, 0.3) is 0 Å². The Balaban J connectivity index is 2.20. The fourth-order valence-electron chi connectivity index (χ4n) is 3.40. The lowest BCUT2D eigenvalue weighted by atomic mass is 9.84. The number of carbonyl (C=O) groups is 2. The second-order valence-electron chi connectivity index (χ2n) is 7.63. The zero-order valence-electron chi connectivity index (χ0n) is 18.8. The third kappa shape index (κ3) is 6.37. The summed E-state index contributed by atoms with van der Waals surface area (Å²) in [5.74, 6) is 0.335. The van der Waals surface area contributed by atoms with Crippen molar-refractivity contribution in [3.05, 3.63) is 58.6 Å². The minimum absolute atomic E-state index is 0.0297. The van der Waals surface area contributed by atoms with Crippen LogP contribution in [-0.2, 0) is 10.3 Å². The molecule has 0 atom stereocenters. The van der Waals surface area contributed by atoms with E-state index in [0.717, 1.165) is 18.4 Å². The second kappa shape index (κ2) is 11.0. The Labute approximate surface area is 189 Å². The molecule has 168 valence electrons. The van der Waals surface area contributed by atoms with Crippen LogP contribution in [0.3, 0.4) is 0 Å². The molecule has 2 aromatic carbocycles. The average Bonchev–Trinajstić information content (AvgIpc) is 2.76. The Morgan fingerprint density at radius 1 is 1.03 bits per heavy atom. The van der Waals surface area contributed by atoms with Gasteiger partial charge in [0, 0.05) is 16.6 Å². The van der Waals surface area contributed by atoms with Gasteiger partial charge < -0.3 is 20.1 Å². The van der Waals surface area contributed by atoms with Gasteiger partial charge in [0.2, 0.25) is 0 Å². The molecule has 0 heterocycles. The smallest absolute Gasteiger partial charge is 0.258 e. The van der Waals surface area contributed by atoms with E-state index >= 15 is 0 Å². The molecule has 0 unspecified atom stereocenters. The van der Waals surface area contributed by atoms with E-state index in [-0.39, 0.29) is 24.5 Å². The summed E-state index contributed by atoms with van der Waals surface area (Å²) in [5.41, 5.74) is 0.924. The molecule has 0 saturated carbocycles. The largest absolute Gasteiger partial charge is 0.493 e.